The minimum Gasteiger partial charge on any atom is -0.310 e. The first-order chi connectivity index (χ1) is 51.8. The van der Waals surface area contributed by atoms with Gasteiger partial charge in [-0.1, -0.05) is 317 Å². The number of nitrogens with zero attached hydrogens (tertiary/aromatic N) is 3. The molecule has 482 valence electrons. The molecule has 0 unspecified atom stereocenters. The first kappa shape index (κ1) is 53.6. The van der Waals surface area contributed by atoms with Gasteiger partial charge in [-0.3, -0.25) is 0 Å². The molecule has 0 atom stereocenters. The minimum absolute atomic E-state index is 0.0105. The lowest BCUT2D eigenvalue weighted by atomic mass is 9.33. The molecule has 15 aromatic rings. The fourth-order valence-corrected chi connectivity index (χ4v) is 15.3. The van der Waals surface area contributed by atoms with Gasteiger partial charge < -0.3 is 14.4 Å². The Hall–Kier alpha value is -11.5. The Bertz CT molecular complexity index is 5920. The maximum absolute atomic E-state index is 9.91. The smallest absolute Gasteiger partial charge is 0.252 e. The highest BCUT2D eigenvalue weighted by Crippen LogP contribution is 2.55. The summed E-state index contributed by atoms with van der Waals surface area (Å²) in [5.74, 6) is 0. The van der Waals surface area contributed by atoms with Crippen LogP contribution in [0.25, 0.3) is 105 Å². The molecule has 0 radical (unpaired) electrons. The summed E-state index contributed by atoms with van der Waals surface area (Å²) in [7, 11) is 0. The van der Waals surface area contributed by atoms with Gasteiger partial charge in [0.15, 0.2) is 0 Å². The van der Waals surface area contributed by atoms with E-state index in [0.29, 0.717) is 5.69 Å². The summed E-state index contributed by atoms with van der Waals surface area (Å²) < 4.78 is 77.6. The summed E-state index contributed by atoms with van der Waals surface area (Å²) in [6.07, 6.45) is 0. The molecule has 0 saturated carbocycles. The molecular formula is C96H80BN3. The lowest BCUT2D eigenvalue weighted by Crippen LogP contribution is -2.61. The van der Waals surface area contributed by atoms with Gasteiger partial charge >= 0.3 is 0 Å². The molecule has 0 saturated heterocycles. The minimum atomic E-state index is -0.499. The van der Waals surface area contributed by atoms with E-state index in [0.717, 1.165) is 140 Å². The Morgan fingerprint density at radius 3 is 1.18 bits per heavy atom. The van der Waals surface area contributed by atoms with E-state index < -0.39 is 48.4 Å². The zero-order valence-electron chi connectivity index (χ0n) is 65.9. The van der Waals surface area contributed by atoms with Crippen LogP contribution < -0.4 is 26.2 Å². The molecule has 0 bridgehead atoms. The quantitative estimate of drug-likeness (QED) is 0.126. The van der Waals surface area contributed by atoms with E-state index in [-0.39, 0.29) is 44.7 Å². The Balaban J connectivity index is 1.09. The second kappa shape index (κ2) is 24.2. The van der Waals surface area contributed by atoms with Crippen molar-refractivity contribution in [1.82, 2.24) is 4.57 Å². The highest BCUT2D eigenvalue weighted by atomic mass is 15.2. The molecule has 17 rings (SSSR count). The highest BCUT2D eigenvalue weighted by molar-refractivity contribution is 7.00. The molecule has 100 heavy (non-hydrogen) atoms. The van der Waals surface area contributed by atoms with Gasteiger partial charge in [0.05, 0.1) is 33.4 Å². The van der Waals surface area contributed by atoms with Crippen LogP contribution in [0.2, 0.25) is 0 Å². The van der Waals surface area contributed by atoms with E-state index in [1.54, 1.807) is 4.57 Å². The molecule has 14 aromatic carbocycles. The monoisotopic (exact) mass is 1290 g/mol. The van der Waals surface area contributed by atoms with E-state index in [9.17, 15) is 8.22 Å². The predicted molar refractivity (Wildman–Crippen MR) is 429 cm³/mol. The van der Waals surface area contributed by atoms with Crippen LogP contribution >= 0.6 is 0 Å². The number of benzene rings is 14. The summed E-state index contributed by atoms with van der Waals surface area (Å²) in [4.78, 5) is 5.05. The van der Waals surface area contributed by atoms with Gasteiger partial charge in [0, 0.05) is 61.5 Å². The molecule has 0 amide bonds. The van der Waals surface area contributed by atoms with Gasteiger partial charge in [-0.2, -0.15) is 0 Å². The number of para-hydroxylation sites is 3. The lowest BCUT2D eigenvalue weighted by Gasteiger charge is -2.46. The molecule has 4 heteroatoms. The number of hydrogen-bond acceptors (Lipinski definition) is 2. The number of rotatable bonds is 10. The summed E-state index contributed by atoms with van der Waals surface area (Å²) in [5, 5.41) is 0.0210. The summed E-state index contributed by atoms with van der Waals surface area (Å²) in [6.45, 7) is 19.9. The van der Waals surface area contributed by atoms with Crippen molar-refractivity contribution < 1.29 is 11.0 Å². The Labute approximate surface area is 601 Å². The molecule has 3 nitrogen and oxygen atoms in total. The number of hydrogen-bond donors (Lipinski definition) is 0. The normalized spacial score (nSPS) is 13.9. The molecule has 0 fully saturated rings. The third-order valence-corrected chi connectivity index (χ3v) is 20.5. The van der Waals surface area contributed by atoms with Crippen molar-refractivity contribution in [2.45, 2.75) is 78.6 Å². The lowest BCUT2D eigenvalue weighted by molar-refractivity contribution is 0.590. The molecule has 2 aliphatic rings. The van der Waals surface area contributed by atoms with E-state index in [4.69, 9.17) is 2.74 Å². The van der Waals surface area contributed by atoms with Crippen molar-refractivity contribution in [3.8, 4) is 83.6 Å². The molecular weight excluding hydrogens is 1210 g/mol. The van der Waals surface area contributed by atoms with E-state index in [1.165, 1.54) is 5.56 Å². The Morgan fingerprint density at radius 1 is 0.280 bits per heavy atom. The van der Waals surface area contributed by atoms with Gasteiger partial charge in [0.1, 0.15) is 0 Å². The van der Waals surface area contributed by atoms with Crippen LogP contribution in [-0.2, 0) is 16.2 Å². The predicted octanol–water partition coefficient (Wildman–Crippen LogP) is 24.4. The summed E-state index contributed by atoms with van der Waals surface area (Å²) >= 11 is 0. The molecule has 0 aliphatic carbocycles. The second-order valence-corrected chi connectivity index (χ2v) is 29.9. The van der Waals surface area contributed by atoms with Gasteiger partial charge in [-0.05, 0) is 172 Å². The van der Waals surface area contributed by atoms with Crippen LogP contribution in [0.3, 0.4) is 0 Å². The van der Waals surface area contributed by atoms with Crippen LogP contribution in [0.5, 0.6) is 0 Å². The van der Waals surface area contributed by atoms with Gasteiger partial charge in [-0.15, -0.1) is 0 Å². The van der Waals surface area contributed by atoms with Crippen molar-refractivity contribution in [2.24, 2.45) is 0 Å². The van der Waals surface area contributed by atoms with Crippen LogP contribution in [0.1, 0.15) is 90.0 Å². The molecule has 0 N–H and O–H groups in total. The number of anilines is 6. The van der Waals surface area contributed by atoms with Gasteiger partial charge in [-0.25, -0.2) is 0 Å². The maximum atomic E-state index is 9.91. The van der Waals surface area contributed by atoms with Crippen molar-refractivity contribution in [1.29, 1.82) is 0 Å². The Kier molecular flexibility index (Phi) is 13.0. The van der Waals surface area contributed by atoms with Crippen molar-refractivity contribution in [2.75, 3.05) is 9.80 Å². The van der Waals surface area contributed by atoms with Crippen molar-refractivity contribution in [3.63, 3.8) is 0 Å². The fourth-order valence-electron chi connectivity index (χ4n) is 15.3. The molecule has 2 aliphatic heterocycles. The van der Waals surface area contributed by atoms with Crippen molar-refractivity contribution >= 4 is 79.0 Å². The number of fused-ring (bicyclic) bond motifs is 7. The topological polar surface area (TPSA) is 11.4 Å². The fraction of sp³-hybridized carbons (Fsp3) is 0.125. The highest BCUT2D eigenvalue weighted by Gasteiger charge is 2.46. The molecule has 1 aromatic heterocycles. The third kappa shape index (κ3) is 10.8. The Morgan fingerprint density at radius 2 is 0.680 bits per heavy atom. The standard InChI is InChI=1S/C96H80BN3/c1-94(2,3)73-50-47-65(48-51-73)70-49-54-87-84(57-70)97-83-53-52-76(98-85-45-24-22-41-79(85)80-42-23-25-46-86(80)98)62-88(83)100(90-61-75(96(7,8)9)60-89(91(90)97)99(87)92-77(66-33-18-12-19-34-66)43-28-44-78(92)67-35-20-13-21-36-67)93-81(71-39-26-37-68(55-71)63-29-14-10-15-30-63)58-74(95(4,5)6)59-82(93)72-40-27-38-69(56-72)64-31-16-11-17-32-64/h10-62H,1-9H3/i22D,23D,24D,25D,41D,42D,45D,46D. The second-order valence-electron chi connectivity index (χ2n) is 29.9. The zero-order valence-corrected chi connectivity index (χ0v) is 57.9. The van der Waals surface area contributed by atoms with Crippen LogP contribution in [0.15, 0.2) is 321 Å². The van der Waals surface area contributed by atoms with Gasteiger partial charge in [0.2, 0.25) is 0 Å². The van der Waals surface area contributed by atoms with Crippen molar-refractivity contribution in [3.05, 3.63) is 338 Å². The van der Waals surface area contributed by atoms with E-state index in [1.807, 2.05) is 18.2 Å². The largest absolute Gasteiger partial charge is 0.310 e. The summed E-state index contributed by atoms with van der Waals surface area (Å²) in [6, 6.07) is 95.4. The third-order valence-electron chi connectivity index (χ3n) is 20.5. The van der Waals surface area contributed by atoms with Crippen LogP contribution in [0, 0.1) is 0 Å². The maximum Gasteiger partial charge on any atom is 0.252 e. The van der Waals surface area contributed by atoms with Crippen LogP contribution in [0.4, 0.5) is 34.1 Å². The average molecular weight is 1290 g/mol. The average Bonchev–Trinajstić information content (AvgIpc) is 0.853. The zero-order chi connectivity index (χ0) is 75.1. The first-order valence-corrected chi connectivity index (χ1v) is 34.8. The molecule has 3 heterocycles. The van der Waals surface area contributed by atoms with Crippen LogP contribution in [-0.4, -0.2) is 11.3 Å². The van der Waals surface area contributed by atoms with Gasteiger partial charge in [0.25, 0.3) is 6.71 Å². The molecule has 0 spiro atoms. The first-order valence-electron chi connectivity index (χ1n) is 38.8. The van der Waals surface area contributed by atoms with E-state index in [2.05, 4.69) is 327 Å². The summed E-state index contributed by atoms with van der Waals surface area (Å²) in [5.41, 5.74) is 26.1. The number of aromatic nitrogens is 1. The van der Waals surface area contributed by atoms with E-state index >= 15 is 0 Å². The SMILES string of the molecule is [2H]c1c([2H])c([2H])c2c(c1[2H])c1c([2H])c([2H])c([2H])c([2H])c1n2-c1ccc2c(c1)N(c1c(-c3cccc(-c4ccccc4)c3)cc(C(C)(C)C)cc1-c1cccc(-c3ccccc3)c1)c1cc(C(C)(C)C)cc3c1B2c1cc(-c2ccc(C(C)(C)C)cc2)ccc1N3c1c(-c2ccccc2)cccc1-c1ccccc1.